The SMILES string of the molecule is CC(C)(N)C(=O)N[C@H](COCc1ccccc1)c1nnc2c(O)nccn12. The third-order valence-corrected chi connectivity index (χ3v) is 3.93. The lowest BCUT2D eigenvalue weighted by molar-refractivity contribution is -0.126. The molecule has 3 aromatic rings. The quantitative estimate of drug-likeness (QED) is 0.565. The molecule has 0 bridgehead atoms. The molecule has 0 aliphatic heterocycles. The topological polar surface area (TPSA) is 128 Å². The Kier molecular flexibility index (Phi) is 5.33. The average molecular weight is 370 g/mol. The van der Waals surface area contributed by atoms with Crippen molar-refractivity contribution in [3.05, 3.63) is 54.1 Å². The molecular weight excluding hydrogens is 348 g/mol. The van der Waals surface area contributed by atoms with E-state index in [-0.39, 0.29) is 24.0 Å². The van der Waals surface area contributed by atoms with Gasteiger partial charge in [0.2, 0.25) is 11.6 Å². The van der Waals surface area contributed by atoms with Crippen LogP contribution in [-0.2, 0) is 16.1 Å². The number of rotatable bonds is 7. The summed E-state index contributed by atoms with van der Waals surface area (Å²) in [6.07, 6.45) is 3.03. The lowest BCUT2D eigenvalue weighted by Gasteiger charge is -2.23. The third kappa shape index (κ3) is 4.39. The normalized spacial score (nSPS) is 12.9. The van der Waals surface area contributed by atoms with Gasteiger partial charge in [-0.25, -0.2) is 4.98 Å². The number of carbonyl (C=O) groups excluding carboxylic acids is 1. The van der Waals surface area contributed by atoms with E-state index in [1.165, 1.54) is 6.20 Å². The molecule has 9 nitrogen and oxygen atoms in total. The fourth-order valence-corrected chi connectivity index (χ4v) is 2.46. The molecular formula is C18H22N6O3. The number of nitrogens with zero attached hydrogens (tertiary/aromatic N) is 4. The number of fused-ring (bicyclic) bond motifs is 1. The summed E-state index contributed by atoms with van der Waals surface area (Å²) in [5, 5.41) is 20.7. The Morgan fingerprint density at radius 3 is 2.78 bits per heavy atom. The highest BCUT2D eigenvalue weighted by atomic mass is 16.5. The van der Waals surface area contributed by atoms with Gasteiger partial charge in [-0.1, -0.05) is 30.3 Å². The number of amides is 1. The van der Waals surface area contributed by atoms with Crippen molar-refractivity contribution in [3.8, 4) is 5.88 Å². The zero-order valence-corrected chi connectivity index (χ0v) is 15.2. The van der Waals surface area contributed by atoms with Crippen LogP contribution in [0.2, 0.25) is 0 Å². The van der Waals surface area contributed by atoms with E-state index in [0.29, 0.717) is 12.4 Å². The van der Waals surface area contributed by atoms with Crippen LogP contribution >= 0.6 is 0 Å². The predicted molar refractivity (Wildman–Crippen MR) is 97.7 cm³/mol. The molecule has 1 aromatic carbocycles. The van der Waals surface area contributed by atoms with Crippen molar-refractivity contribution in [1.29, 1.82) is 0 Å². The van der Waals surface area contributed by atoms with E-state index < -0.39 is 11.6 Å². The van der Waals surface area contributed by atoms with Crippen LogP contribution in [0.3, 0.4) is 0 Å². The summed E-state index contributed by atoms with van der Waals surface area (Å²) in [7, 11) is 0. The standard InChI is InChI=1S/C18H22N6O3/c1-18(2,19)17(26)21-13(11-27-10-12-6-4-3-5-7-12)14-22-23-15-16(25)20-8-9-24(14)15/h3-9,13H,10-11,19H2,1-2H3,(H,20,25)(H,21,26)/t13-/m1/s1. The van der Waals surface area contributed by atoms with Gasteiger partial charge in [-0.05, 0) is 19.4 Å². The summed E-state index contributed by atoms with van der Waals surface area (Å²) in [5.74, 6) is -0.190. The monoisotopic (exact) mass is 370 g/mol. The van der Waals surface area contributed by atoms with E-state index in [1.807, 2.05) is 30.3 Å². The maximum Gasteiger partial charge on any atom is 0.257 e. The molecule has 0 saturated carbocycles. The van der Waals surface area contributed by atoms with Gasteiger partial charge in [-0.2, -0.15) is 0 Å². The molecule has 2 heterocycles. The zero-order chi connectivity index (χ0) is 19.4. The number of hydrogen-bond donors (Lipinski definition) is 3. The van der Waals surface area contributed by atoms with Crippen LogP contribution in [0.5, 0.6) is 5.88 Å². The number of carbonyl (C=O) groups is 1. The summed E-state index contributed by atoms with van der Waals surface area (Å²) < 4.78 is 7.34. The summed E-state index contributed by atoms with van der Waals surface area (Å²) >= 11 is 0. The van der Waals surface area contributed by atoms with Crippen molar-refractivity contribution >= 4 is 11.6 Å². The summed E-state index contributed by atoms with van der Waals surface area (Å²) in [5.41, 5.74) is 6.03. The molecule has 3 rings (SSSR count). The molecule has 27 heavy (non-hydrogen) atoms. The number of aromatic hydroxyl groups is 1. The average Bonchev–Trinajstić information content (AvgIpc) is 3.06. The van der Waals surface area contributed by atoms with Crippen molar-refractivity contribution in [1.82, 2.24) is 24.9 Å². The van der Waals surface area contributed by atoms with Crippen LogP contribution in [0.25, 0.3) is 5.65 Å². The number of nitrogens with one attached hydrogen (secondary N) is 1. The Balaban J connectivity index is 1.82. The number of benzene rings is 1. The fraction of sp³-hybridized carbons (Fsp3) is 0.333. The number of hydrogen-bond acceptors (Lipinski definition) is 7. The minimum absolute atomic E-state index is 0.153. The van der Waals surface area contributed by atoms with Gasteiger partial charge in [-0.3, -0.25) is 9.20 Å². The largest absolute Gasteiger partial charge is 0.491 e. The molecule has 1 atom stereocenters. The van der Waals surface area contributed by atoms with Gasteiger partial charge in [0.1, 0.15) is 6.04 Å². The van der Waals surface area contributed by atoms with Crippen LogP contribution in [0.1, 0.15) is 31.3 Å². The molecule has 2 aromatic heterocycles. The molecule has 0 aliphatic carbocycles. The van der Waals surface area contributed by atoms with Gasteiger partial charge >= 0.3 is 0 Å². The van der Waals surface area contributed by atoms with E-state index in [1.54, 1.807) is 24.4 Å². The highest BCUT2D eigenvalue weighted by Gasteiger charge is 2.28. The van der Waals surface area contributed by atoms with E-state index in [2.05, 4.69) is 20.5 Å². The molecule has 0 saturated heterocycles. The van der Waals surface area contributed by atoms with Gasteiger partial charge in [0, 0.05) is 12.4 Å². The lowest BCUT2D eigenvalue weighted by Crippen LogP contribution is -2.50. The first kappa shape index (κ1) is 18.7. The number of ether oxygens (including phenoxy) is 1. The highest BCUT2D eigenvalue weighted by Crippen LogP contribution is 2.19. The molecule has 9 heteroatoms. The molecule has 1 amide bonds. The Morgan fingerprint density at radius 2 is 2.07 bits per heavy atom. The van der Waals surface area contributed by atoms with Gasteiger partial charge in [-0.15, -0.1) is 10.2 Å². The van der Waals surface area contributed by atoms with Crippen molar-refractivity contribution in [3.63, 3.8) is 0 Å². The van der Waals surface area contributed by atoms with E-state index in [4.69, 9.17) is 10.5 Å². The summed E-state index contributed by atoms with van der Waals surface area (Å²) in [4.78, 5) is 16.2. The Labute approximate surface area is 156 Å². The predicted octanol–water partition coefficient (Wildman–Crippen LogP) is 0.941. The molecule has 4 N–H and O–H groups in total. The summed E-state index contributed by atoms with van der Waals surface area (Å²) in [6, 6.07) is 9.08. The highest BCUT2D eigenvalue weighted by molar-refractivity contribution is 5.85. The molecule has 142 valence electrons. The second-order valence-electron chi connectivity index (χ2n) is 6.75. The Hall–Kier alpha value is -3.04. The van der Waals surface area contributed by atoms with Crippen molar-refractivity contribution in [2.75, 3.05) is 6.61 Å². The molecule has 0 unspecified atom stereocenters. The van der Waals surface area contributed by atoms with Gasteiger partial charge in [0.25, 0.3) is 5.88 Å². The Morgan fingerprint density at radius 1 is 1.33 bits per heavy atom. The number of aromatic nitrogens is 4. The van der Waals surface area contributed by atoms with Crippen LogP contribution in [0, 0.1) is 0 Å². The number of nitrogens with two attached hydrogens (primary N) is 1. The summed E-state index contributed by atoms with van der Waals surface area (Å²) in [6.45, 7) is 3.76. The first-order valence-electron chi connectivity index (χ1n) is 8.46. The first-order chi connectivity index (χ1) is 12.9. The van der Waals surface area contributed by atoms with E-state index in [9.17, 15) is 9.90 Å². The first-order valence-corrected chi connectivity index (χ1v) is 8.46. The zero-order valence-electron chi connectivity index (χ0n) is 15.2. The maximum atomic E-state index is 12.4. The second-order valence-corrected chi connectivity index (χ2v) is 6.75. The van der Waals surface area contributed by atoms with Crippen LogP contribution in [0.4, 0.5) is 0 Å². The van der Waals surface area contributed by atoms with Crippen molar-refractivity contribution in [2.24, 2.45) is 5.73 Å². The van der Waals surface area contributed by atoms with Crippen LogP contribution < -0.4 is 11.1 Å². The smallest absolute Gasteiger partial charge is 0.257 e. The van der Waals surface area contributed by atoms with Gasteiger partial charge in [0.15, 0.2) is 5.82 Å². The lowest BCUT2D eigenvalue weighted by atomic mass is 10.1. The van der Waals surface area contributed by atoms with Crippen LogP contribution in [0.15, 0.2) is 42.7 Å². The van der Waals surface area contributed by atoms with Gasteiger partial charge < -0.3 is 20.9 Å². The Bertz CT molecular complexity index is 920. The van der Waals surface area contributed by atoms with Gasteiger partial charge in [0.05, 0.1) is 18.8 Å². The third-order valence-electron chi connectivity index (χ3n) is 3.93. The van der Waals surface area contributed by atoms with E-state index >= 15 is 0 Å². The van der Waals surface area contributed by atoms with E-state index in [0.717, 1.165) is 5.56 Å². The fourth-order valence-electron chi connectivity index (χ4n) is 2.46. The maximum absolute atomic E-state index is 12.4. The minimum Gasteiger partial charge on any atom is -0.491 e. The molecule has 0 aliphatic rings. The minimum atomic E-state index is -1.07. The van der Waals surface area contributed by atoms with Crippen molar-refractivity contribution < 1.29 is 14.6 Å². The second kappa shape index (κ2) is 7.68. The molecule has 0 fully saturated rings. The van der Waals surface area contributed by atoms with Crippen molar-refractivity contribution in [2.45, 2.75) is 32.0 Å². The van der Waals surface area contributed by atoms with Crippen LogP contribution in [-0.4, -0.2) is 42.7 Å². The molecule has 0 radical (unpaired) electrons. The molecule has 0 spiro atoms.